The minimum Gasteiger partial charge on any atom is -0.465 e. The summed E-state index contributed by atoms with van der Waals surface area (Å²) in [4.78, 5) is 14.3. The van der Waals surface area contributed by atoms with E-state index in [4.69, 9.17) is 5.11 Å². The van der Waals surface area contributed by atoms with E-state index in [9.17, 15) is 4.79 Å². The van der Waals surface area contributed by atoms with Crippen LogP contribution in [0.15, 0.2) is 18.6 Å². The highest BCUT2D eigenvalue weighted by atomic mass is 16.4. The second-order valence-electron chi connectivity index (χ2n) is 2.58. The van der Waals surface area contributed by atoms with Gasteiger partial charge in [0.15, 0.2) is 5.65 Å². The second kappa shape index (κ2) is 3.29. The highest BCUT2D eigenvalue weighted by Crippen LogP contribution is 2.04. The minimum atomic E-state index is -1.08. The first-order valence-corrected chi connectivity index (χ1v) is 3.88. The smallest absolute Gasteiger partial charge is 0.404 e. The van der Waals surface area contributed by atoms with Crippen LogP contribution < -0.4 is 5.32 Å². The summed E-state index contributed by atoms with van der Waals surface area (Å²) in [7, 11) is 0. The van der Waals surface area contributed by atoms with Gasteiger partial charge < -0.3 is 10.4 Å². The molecule has 2 N–H and O–H groups in total. The van der Waals surface area contributed by atoms with Crippen LogP contribution in [0.1, 0.15) is 5.56 Å². The van der Waals surface area contributed by atoms with Crippen molar-refractivity contribution in [2.75, 3.05) is 0 Å². The molecule has 72 valence electrons. The van der Waals surface area contributed by atoms with E-state index in [1.165, 1.54) is 23.2 Å². The van der Waals surface area contributed by atoms with Crippen molar-refractivity contribution in [3.8, 4) is 0 Å². The zero-order valence-corrected chi connectivity index (χ0v) is 7.08. The molecule has 7 nitrogen and oxygen atoms in total. The number of amides is 1. The topological polar surface area (TPSA) is 92.4 Å². The summed E-state index contributed by atoms with van der Waals surface area (Å²) in [6.07, 6.45) is 3.49. The fraction of sp³-hybridized carbons (Fsp3) is 0.143. The van der Waals surface area contributed by atoms with Gasteiger partial charge in [-0.15, -0.1) is 4.63 Å². The average molecular weight is 193 g/mol. The molecule has 0 unspecified atom stereocenters. The van der Waals surface area contributed by atoms with Gasteiger partial charge in [-0.05, 0) is 0 Å². The lowest BCUT2D eigenvalue weighted by Crippen LogP contribution is -2.19. The van der Waals surface area contributed by atoms with Crippen molar-refractivity contribution in [3.63, 3.8) is 0 Å². The second-order valence-corrected chi connectivity index (χ2v) is 2.58. The average Bonchev–Trinajstić information content (AvgIpc) is 2.58. The van der Waals surface area contributed by atoms with Crippen molar-refractivity contribution in [2.45, 2.75) is 6.54 Å². The van der Waals surface area contributed by atoms with Crippen molar-refractivity contribution in [1.29, 1.82) is 0 Å². The summed E-state index contributed by atoms with van der Waals surface area (Å²) in [5, 5.41) is 18.4. The molecule has 2 heterocycles. The van der Waals surface area contributed by atoms with Crippen LogP contribution in [0.4, 0.5) is 4.79 Å². The molecule has 0 saturated carbocycles. The molecule has 2 rings (SSSR count). The molecule has 2 aromatic rings. The molecule has 0 aliphatic heterocycles. The number of hydrogen-bond acceptors (Lipinski definition) is 4. The van der Waals surface area contributed by atoms with Crippen LogP contribution in [-0.2, 0) is 6.54 Å². The number of aromatic nitrogens is 4. The Morgan fingerprint density at radius 3 is 3.14 bits per heavy atom. The Kier molecular flexibility index (Phi) is 1.98. The third-order valence-electron chi connectivity index (χ3n) is 1.67. The summed E-state index contributed by atoms with van der Waals surface area (Å²) >= 11 is 0. The molecule has 0 saturated heterocycles. The van der Waals surface area contributed by atoms with Gasteiger partial charge in [0.25, 0.3) is 0 Å². The SMILES string of the molecule is O=C(O)NCc1cnn2nccnc12. The molecule has 0 aromatic carbocycles. The maximum atomic E-state index is 10.3. The molecular formula is C7H7N5O2. The third kappa shape index (κ3) is 1.47. The van der Waals surface area contributed by atoms with Crippen LogP contribution in [0, 0.1) is 0 Å². The highest BCUT2D eigenvalue weighted by Gasteiger charge is 2.05. The van der Waals surface area contributed by atoms with Gasteiger partial charge in [0, 0.05) is 11.8 Å². The van der Waals surface area contributed by atoms with Crippen LogP contribution in [-0.4, -0.2) is 31.0 Å². The Morgan fingerprint density at radius 2 is 2.36 bits per heavy atom. The molecule has 7 heteroatoms. The maximum absolute atomic E-state index is 10.3. The van der Waals surface area contributed by atoms with E-state index >= 15 is 0 Å². The lowest BCUT2D eigenvalue weighted by Gasteiger charge is -1.96. The number of fused-ring (bicyclic) bond motifs is 1. The van der Waals surface area contributed by atoms with Crippen LogP contribution in [0.2, 0.25) is 0 Å². The fourth-order valence-electron chi connectivity index (χ4n) is 1.08. The molecule has 0 spiro atoms. The van der Waals surface area contributed by atoms with Crippen molar-refractivity contribution in [1.82, 2.24) is 25.1 Å². The van der Waals surface area contributed by atoms with E-state index in [0.29, 0.717) is 11.2 Å². The van der Waals surface area contributed by atoms with E-state index in [1.807, 2.05) is 0 Å². The van der Waals surface area contributed by atoms with E-state index in [1.54, 1.807) is 0 Å². The molecule has 0 aliphatic rings. The molecule has 0 fully saturated rings. The molecular weight excluding hydrogens is 186 g/mol. The van der Waals surface area contributed by atoms with Crippen molar-refractivity contribution >= 4 is 11.7 Å². The van der Waals surface area contributed by atoms with Crippen LogP contribution in [0.25, 0.3) is 5.65 Å². The fourth-order valence-corrected chi connectivity index (χ4v) is 1.08. The normalized spacial score (nSPS) is 10.3. The van der Waals surface area contributed by atoms with E-state index in [-0.39, 0.29) is 6.54 Å². The highest BCUT2D eigenvalue weighted by molar-refractivity contribution is 5.64. The van der Waals surface area contributed by atoms with Gasteiger partial charge in [-0.3, -0.25) is 0 Å². The van der Waals surface area contributed by atoms with Gasteiger partial charge >= 0.3 is 6.09 Å². The number of nitrogens with zero attached hydrogens (tertiary/aromatic N) is 4. The summed E-state index contributed by atoms with van der Waals surface area (Å²) in [6, 6.07) is 0. The Balaban J connectivity index is 2.29. The van der Waals surface area contributed by atoms with E-state index in [2.05, 4.69) is 20.5 Å². The van der Waals surface area contributed by atoms with Crippen molar-refractivity contribution in [3.05, 3.63) is 24.2 Å². The zero-order valence-electron chi connectivity index (χ0n) is 7.08. The molecule has 2 aromatic heterocycles. The summed E-state index contributed by atoms with van der Waals surface area (Å²) < 4.78 is 1.35. The van der Waals surface area contributed by atoms with Gasteiger partial charge in [-0.2, -0.15) is 10.2 Å². The first-order chi connectivity index (χ1) is 6.77. The van der Waals surface area contributed by atoms with Crippen LogP contribution in [0.3, 0.4) is 0 Å². The number of carbonyl (C=O) groups is 1. The predicted molar refractivity (Wildman–Crippen MR) is 45.6 cm³/mol. The summed E-state index contributed by atoms with van der Waals surface area (Å²) in [6.45, 7) is 0.178. The van der Waals surface area contributed by atoms with Gasteiger partial charge in [0.05, 0.1) is 18.9 Å². The molecule has 0 bridgehead atoms. The van der Waals surface area contributed by atoms with E-state index in [0.717, 1.165) is 0 Å². The number of carboxylic acid groups (broad SMARTS) is 1. The Labute approximate surface area is 78.4 Å². The largest absolute Gasteiger partial charge is 0.465 e. The van der Waals surface area contributed by atoms with Gasteiger partial charge in [0.2, 0.25) is 0 Å². The summed E-state index contributed by atoms with van der Waals surface area (Å²) in [5.41, 5.74) is 1.25. The van der Waals surface area contributed by atoms with Crippen LogP contribution >= 0.6 is 0 Å². The maximum Gasteiger partial charge on any atom is 0.404 e. The quantitative estimate of drug-likeness (QED) is 0.694. The van der Waals surface area contributed by atoms with Gasteiger partial charge in [-0.1, -0.05) is 0 Å². The molecule has 0 aliphatic carbocycles. The zero-order chi connectivity index (χ0) is 9.97. The first-order valence-electron chi connectivity index (χ1n) is 3.88. The lowest BCUT2D eigenvalue weighted by atomic mass is 10.3. The number of rotatable bonds is 2. The lowest BCUT2D eigenvalue weighted by molar-refractivity contribution is 0.194. The van der Waals surface area contributed by atoms with Crippen molar-refractivity contribution in [2.24, 2.45) is 0 Å². The minimum absolute atomic E-state index is 0.178. The Bertz CT molecular complexity index is 466. The monoisotopic (exact) mass is 193 g/mol. The van der Waals surface area contributed by atoms with E-state index < -0.39 is 6.09 Å². The summed E-state index contributed by atoms with van der Waals surface area (Å²) in [5.74, 6) is 0. The number of nitrogens with one attached hydrogen (secondary N) is 1. The Morgan fingerprint density at radius 1 is 1.50 bits per heavy atom. The first kappa shape index (κ1) is 8.42. The van der Waals surface area contributed by atoms with Crippen LogP contribution in [0.5, 0.6) is 0 Å². The standard InChI is InChI=1S/C7H7N5O2/c13-7(14)9-3-5-4-11-12-6(5)8-1-2-10-12/h1-2,4,9H,3H2,(H,13,14). The molecule has 0 radical (unpaired) electrons. The van der Waals surface area contributed by atoms with Gasteiger partial charge in [-0.25, -0.2) is 9.78 Å². The third-order valence-corrected chi connectivity index (χ3v) is 1.67. The molecule has 0 atom stereocenters. The number of hydrogen-bond donors (Lipinski definition) is 2. The predicted octanol–water partition coefficient (Wildman–Crippen LogP) is -0.108. The Hall–Kier alpha value is -2.18. The molecule has 14 heavy (non-hydrogen) atoms. The molecule has 1 amide bonds. The van der Waals surface area contributed by atoms with Crippen molar-refractivity contribution < 1.29 is 9.90 Å². The van der Waals surface area contributed by atoms with Gasteiger partial charge in [0.1, 0.15) is 0 Å².